The summed E-state index contributed by atoms with van der Waals surface area (Å²) < 4.78 is 42.1. The molecule has 0 bridgehead atoms. The summed E-state index contributed by atoms with van der Waals surface area (Å²) in [4.78, 5) is 23.0. The average molecular weight is 370 g/mol. The highest BCUT2D eigenvalue weighted by atomic mass is 19.4. The number of alkyl halides is 3. The van der Waals surface area contributed by atoms with Crippen LogP contribution in [0, 0.1) is 0 Å². The number of aromatic amines is 1. The molecular weight excluding hydrogens is 353 g/mol. The predicted octanol–water partition coefficient (Wildman–Crippen LogP) is 1.37. The van der Waals surface area contributed by atoms with Gasteiger partial charge in [-0.1, -0.05) is 0 Å². The first-order chi connectivity index (χ1) is 12.4. The Morgan fingerprint density at radius 2 is 1.92 bits per heavy atom. The van der Waals surface area contributed by atoms with E-state index in [1.165, 1.54) is 0 Å². The van der Waals surface area contributed by atoms with E-state index in [9.17, 15) is 18.0 Å². The van der Waals surface area contributed by atoms with Crippen LogP contribution in [-0.2, 0) is 12.7 Å². The van der Waals surface area contributed by atoms with Gasteiger partial charge in [0.1, 0.15) is 0 Å². The smallest absolute Gasteiger partial charge is 0.416 e. The number of anilines is 1. The first-order valence-electron chi connectivity index (χ1n) is 8.36. The van der Waals surface area contributed by atoms with E-state index in [-0.39, 0.29) is 18.0 Å². The molecule has 2 aliphatic rings. The second-order valence-electron chi connectivity index (χ2n) is 6.53. The number of halogens is 3. The molecule has 3 heterocycles. The Morgan fingerprint density at radius 3 is 2.54 bits per heavy atom. The van der Waals surface area contributed by atoms with Crippen molar-refractivity contribution in [3.63, 3.8) is 0 Å². The van der Waals surface area contributed by atoms with Crippen molar-refractivity contribution in [1.29, 1.82) is 0 Å². The van der Waals surface area contributed by atoms with Crippen molar-refractivity contribution in [3.8, 4) is 0 Å². The third-order valence-corrected chi connectivity index (χ3v) is 4.48. The van der Waals surface area contributed by atoms with Crippen molar-refractivity contribution >= 4 is 5.95 Å². The maximum atomic E-state index is 12.5. The van der Waals surface area contributed by atoms with Gasteiger partial charge in [-0.3, -0.25) is 14.7 Å². The highest BCUT2D eigenvalue weighted by Gasteiger charge is 2.38. The van der Waals surface area contributed by atoms with Crippen LogP contribution in [0.3, 0.4) is 0 Å². The fraction of sp³-hybridized carbons (Fsp3) is 0.600. The third-order valence-electron chi connectivity index (χ3n) is 4.48. The summed E-state index contributed by atoms with van der Waals surface area (Å²) in [6.45, 7) is 2.51. The molecule has 0 spiro atoms. The Balaban J connectivity index is 1.37. The molecule has 11 heteroatoms. The molecule has 0 atom stereocenters. The monoisotopic (exact) mass is 370 g/mol. The molecule has 26 heavy (non-hydrogen) atoms. The zero-order valence-corrected chi connectivity index (χ0v) is 13.8. The number of nitrogens with zero attached hydrogens (tertiary/aromatic N) is 5. The van der Waals surface area contributed by atoms with Gasteiger partial charge in [-0.2, -0.15) is 13.2 Å². The largest absolute Gasteiger partial charge is 0.470 e. The zero-order chi connectivity index (χ0) is 18.3. The van der Waals surface area contributed by atoms with Gasteiger partial charge in [-0.15, -0.1) is 10.2 Å². The molecule has 2 aromatic rings. The molecular formula is C15H17F3N6O2. The van der Waals surface area contributed by atoms with Gasteiger partial charge in [-0.05, 0) is 12.8 Å². The minimum atomic E-state index is -4.63. The van der Waals surface area contributed by atoms with Gasteiger partial charge in [0.25, 0.3) is 5.56 Å². The molecule has 2 fully saturated rings. The molecule has 1 aliphatic carbocycles. The molecule has 8 nitrogen and oxygen atoms in total. The molecule has 2 aromatic heterocycles. The molecule has 1 N–H and O–H groups in total. The summed E-state index contributed by atoms with van der Waals surface area (Å²) in [5.74, 6) is -0.452. The van der Waals surface area contributed by atoms with Crippen LogP contribution in [0.1, 0.15) is 36.2 Å². The second kappa shape index (κ2) is 6.38. The van der Waals surface area contributed by atoms with E-state index in [0.29, 0.717) is 38.0 Å². The van der Waals surface area contributed by atoms with Crippen LogP contribution in [0.2, 0.25) is 0 Å². The van der Waals surface area contributed by atoms with Gasteiger partial charge in [0.15, 0.2) is 0 Å². The van der Waals surface area contributed by atoms with Gasteiger partial charge >= 0.3 is 12.1 Å². The van der Waals surface area contributed by atoms with Gasteiger partial charge in [0, 0.05) is 38.2 Å². The minimum Gasteiger partial charge on any atom is -0.416 e. The van der Waals surface area contributed by atoms with Crippen LogP contribution in [0.5, 0.6) is 0 Å². The second-order valence-corrected chi connectivity index (χ2v) is 6.53. The highest BCUT2D eigenvalue weighted by Crippen LogP contribution is 2.38. The lowest BCUT2D eigenvalue weighted by atomic mass is 10.3. The highest BCUT2D eigenvalue weighted by molar-refractivity contribution is 5.32. The Labute approximate surface area is 146 Å². The van der Waals surface area contributed by atoms with Crippen LogP contribution < -0.4 is 10.5 Å². The van der Waals surface area contributed by atoms with Gasteiger partial charge < -0.3 is 9.32 Å². The van der Waals surface area contributed by atoms with Crippen molar-refractivity contribution in [2.24, 2.45) is 0 Å². The molecule has 140 valence electrons. The number of aromatic nitrogens is 4. The lowest BCUT2D eigenvalue weighted by Crippen LogP contribution is -2.47. The first kappa shape index (κ1) is 17.0. The summed E-state index contributed by atoms with van der Waals surface area (Å²) in [6.07, 6.45) is -2.50. The number of hydrogen-bond acceptors (Lipinski definition) is 7. The molecule has 4 rings (SSSR count). The van der Waals surface area contributed by atoms with E-state index in [4.69, 9.17) is 0 Å². The van der Waals surface area contributed by atoms with E-state index >= 15 is 0 Å². The summed E-state index contributed by atoms with van der Waals surface area (Å²) in [5.41, 5.74) is 0.668. The SMILES string of the molecule is O=c1cc(C2CC2)nc(N2CCN(Cc3nnc(C(F)(F)F)o3)CC2)[nH]1. The Hall–Kier alpha value is -2.43. The van der Waals surface area contributed by atoms with Crippen LogP contribution in [0.4, 0.5) is 19.1 Å². The molecule has 1 aliphatic heterocycles. The van der Waals surface area contributed by atoms with E-state index < -0.39 is 12.1 Å². The van der Waals surface area contributed by atoms with E-state index in [1.54, 1.807) is 6.07 Å². The molecule has 0 aromatic carbocycles. The molecule has 0 amide bonds. The first-order valence-corrected chi connectivity index (χ1v) is 8.36. The Kier molecular flexibility index (Phi) is 4.17. The van der Waals surface area contributed by atoms with Crippen molar-refractivity contribution in [2.45, 2.75) is 31.5 Å². The number of hydrogen-bond donors (Lipinski definition) is 1. The molecule has 1 saturated heterocycles. The summed E-state index contributed by atoms with van der Waals surface area (Å²) in [6, 6.07) is 1.55. The topological polar surface area (TPSA) is 91.2 Å². The van der Waals surface area contributed by atoms with E-state index in [0.717, 1.165) is 18.5 Å². The van der Waals surface area contributed by atoms with Crippen molar-refractivity contribution < 1.29 is 17.6 Å². The fourth-order valence-corrected chi connectivity index (χ4v) is 2.94. The van der Waals surface area contributed by atoms with Crippen molar-refractivity contribution in [2.75, 3.05) is 31.1 Å². The standard InChI is InChI=1S/C15H17F3N6O2/c16-15(17,18)13-22-21-12(26-13)8-23-3-5-24(6-4-23)14-19-10(9-1-2-9)7-11(25)20-14/h7,9H,1-6,8H2,(H,19,20,25). The Morgan fingerprint density at radius 1 is 1.19 bits per heavy atom. The van der Waals surface area contributed by atoms with Crippen LogP contribution >= 0.6 is 0 Å². The maximum Gasteiger partial charge on any atom is 0.470 e. The number of rotatable bonds is 4. The normalized spacial score (nSPS) is 19.1. The third kappa shape index (κ3) is 3.71. The van der Waals surface area contributed by atoms with Crippen LogP contribution in [-0.4, -0.2) is 51.2 Å². The number of nitrogens with one attached hydrogen (secondary N) is 1. The van der Waals surface area contributed by atoms with E-state index in [1.807, 2.05) is 9.80 Å². The quantitative estimate of drug-likeness (QED) is 0.869. The average Bonchev–Trinajstić information content (AvgIpc) is 3.33. The van der Waals surface area contributed by atoms with Crippen molar-refractivity contribution in [3.05, 3.63) is 33.9 Å². The van der Waals surface area contributed by atoms with E-state index in [2.05, 4.69) is 24.6 Å². The molecule has 0 radical (unpaired) electrons. The number of piperazine rings is 1. The van der Waals surface area contributed by atoms with Gasteiger partial charge in [-0.25, -0.2) is 4.98 Å². The summed E-state index contributed by atoms with van der Waals surface area (Å²) >= 11 is 0. The predicted molar refractivity (Wildman–Crippen MR) is 83.6 cm³/mol. The zero-order valence-electron chi connectivity index (χ0n) is 13.8. The van der Waals surface area contributed by atoms with Crippen LogP contribution in [0.15, 0.2) is 15.3 Å². The lowest BCUT2D eigenvalue weighted by molar-refractivity contribution is -0.157. The minimum absolute atomic E-state index is 0.0620. The molecule has 1 saturated carbocycles. The summed E-state index contributed by atoms with van der Waals surface area (Å²) in [5, 5.41) is 6.48. The summed E-state index contributed by atoms with van der Waals surface area (Å²) in [7, 11) is 0. The lowest BCUT2D eigenvalue weighted by Gasteiger charge is -2.34. The number of H-pyrrole nitrogens is 1. The van der Waals surface area contributed by atoms with Gasteiger partial charge in [0.2, 0.25) is 11.8 Å². The molecule has 0 unspecified atom stereocenters. The maximum absolute atomic E-state index is 12.5. The van der Waals surface area contributed by atoms with Crippen LogP contribution in [0.25, 0.3) is 0 Å². The van der Waals surface area contributed by atoms with Gasteiger partial charge in [0.05, 0.1) is 12.2 Å². The van der Waals surface area contributed by atoms with Crippen molar-refractivity contribution in [1.82, 2.24) is 25.1 Å². The fourth-order valence-electron chi connectivity index (χ4n) is 2.94. The Bertz CT molecular complexity index is 836.